The third-order valence-electron chi connectivity index (χ3n) is 4.85. The van der Waals surface area contributed by atoms with E-state index in [4.69, 9.17) is 9.47 Å². The topological polar surface area (TPSA) is 18.5 Å². The molecule has 0 aromatic heterocycles. The molecule has 0 radical (unpaired) electrons. The van der Waals surface area contributed by atoms with Crippen LogP contribution in [0.4, 0.5) is 8.78 Å². The molecular formula is C28H32F2O2. The molecule has 0 unspecified atom stereocenters. The van der Waals surface area contributed by atoms with E-state index in [0.29, 0.717) is 24.3 Å². The van der Waals surface area contributed by atoms with E-state index >= 15 is 0 Å². The van der Waals surface area contributed by atoms with Gasteiger partial charge in [-0.1, -0.05) is 64.2 Å². The third-order valence-corrected chi connectivity index (χ3v) is 4.85. The van der Waals surface area contributed by atoms with Crippen LogP contribution >= 0.6 is 0 Å². The lowest BCUT2D eigenvalue weighted by Crippen LogP contribution is -1.99. The minimum atomic E-state index is -0.437. The van der Waals surface area contributed by atoms with Crippen LogP contribution in [0, 0.1) is 35.3 Å². The van der Waals surface area contributed by atoms with Gasteiger partial charge in [0, 0.05) is 11.1 Å². The van der Waals surface area contributed by atoms with Gasteiger partial charge in [0.2, 0.25) is 0 Å². The molecular weight excluding hydrogens is 406 g/mol. The summed E-state index contributed by atoms with van der Waals surface area (Å²) in [4.78, 5) is 0. The van der Waals surface area contributed by atoms with Crippen molar-refractivity contribution in [3.63, 3.8) is 0 Å². The molecule has 0 aliphatic rings. The lowest BCUT2D eigenvalue weighted by molar-refractivity contribution is 0.290. The summed E-state index contributed by atoms with van der Waals surface area (Å²) in [5.41, 5.74) is 1.02. The van der Waals surface area contributed by atoms with Crippen molar-refractivity contribution < 1.29 is 18.3 Å². The largest absolute Gasteiger partial charge is 0.491 e. The van der Waals surface area contributed by atoms with Gasteiger partial charge >= 0.3 is 0 Å². The molecule has 0 fully saturated rings. The normalized spacial score (nSPS) is 10.0. The van der Waals surface area contributed by atoms with E-state index in [-0.39, 0.29) is 11.5 Å². The van der Waals surface area contributed by atoms with Gasteiger partial charge < -0.3 is 9.47 Å². The molecule has 0 aliphatic heterocycles. The summed E-state index contributed by atoms with van der Waals surface area (Å²) in [7, 11) is 0. The Hall–Kier alpha value is -2.98. The third kappa shape index (κ3) is 9.44. The number of rotatable bonds is 12. The second kappa shape index (κ2) is 14.9. The van der Waals surface area contributed by atoms with Crippen molar-refractivity contribution in [1.29, 1.82) is 0 Å². The van der Waals surface area contributed by atoms with E-state index < -0.39 is 11.6 Å². The first-order chi connectivity index (χ1) is 15.6. The van der Waals surface area contributed by atoms with Crippen LogP contribution in [0.3, 0.4) is 0 Å². The maximum absolute atomic E-state index is 14.1. The molecule has 0 bridgehead atoms. The lowest BCUT2D eigenvalue weighted by Gasteiger charge is -2.07. The Morgan fingerprint density at radius 3 is 1.44 bits per heavy atom. The molecule has 4 heteroatoms. The Bertz CT molecular complexity index is 881. The van der Waals surface area contributed by atoms with E-state index in [1.54, 1.807) is 24.3 Å². The minimum Gasteiger partial charge on any atom is -0.491 e. The first-order valence-electron chi connectivity index (χ1n) is 11.5. The van der Waals surface area contributed by atoms with Crippen molar-refractivity contribution in [3.05, 3.63) is 59.2 Å². The Balaban J connectivity index is 1.87. The molecule has 2 nitrogen and oxygen atoms in total. The highest BCUT2D eigenvalue weighted by atomic mass is 19.1. The predicted molar refractivity (Wildman–Crippen MR) is 126 cm³/mol. The molecule has 32 heavy (non-hydrogen) atoms. The molecule has 0 saturated carbocycles. The number of unbranched alkanes of at least 4 members (excludes halogenated alkanes) is 6. The molecule has 0 amide bonds. The Morgan fingerprint density at radius 1 is 0.625 bits per heavy atom. The zero-order valence-electron chi connectivity index (χ0n) is 19.1. The van der Waals surface area contributed by atoms with Crippen molar-refractivity contribution in [2.24, 2.45) is 0 Å². The fourth-order valence-corrected chi connectivity index (χ4v) is 3.02. The van der Waals surface area contributed by atoms with E-state index in [1.807, 2.05) is 0 Å². The van der Waals surface area contributed by atoms with Gasteiger partial charge in [-0.3, -0.25) is 0 Å². The van der Waals surface area contributed by atoms with Gasteiger partial charge in [0.05, 0.1) is 13.2 Å². The molecule has 0 spiro atoms. The van der Waals surface area contributed by atoms with Crippen LogP contribution in [0.1, 0.15) is 76.3 Å². The maximum atomic E-state index is 14.1. The first-order valence-corrected chi connectivity index (χ1v) is 11.5. The highest BCUT2D eigenvalue weighted by molar-refractivity contribution is 5.46. The molecule has 0 N–H and O–H groups in total. The van der Waals surface area contributed by atoms with Gasteiger partial charge in [0.15, 0.2) is 23.1 Å². The van der Waals surface area contributed by atoms with Gasteiger partial charge in [0.25, 0.3) is 0 Å². The van der Waals surface area contributed by atoms with E-state index in [0.717, 1.165) is 51.4 Å². The molecule has 170 valence electrons. The van der Waals surface area contributed by atoms with Crippen LogP contribution < -0.4 is 9.47 Å². The quantitative estimate of drug-likeness (QED) is 0.256. The SMILES string of the molecule is CCCCCCOc1ccc(C#CC#Cc2ccc(OCCCCCC)c(F)c2)cc1F. The fourth-order valence-electron chi connectivity index (χ4n) is 3.02. The predicted octanol–water partition coefficient (Wildman–Crippen LogP) is 7.29. The summed E-state index contributed by atoms with van der Waals surface area (Å²) >= 11 is 0. The molecule has 0 atom stereocenters. The van der Waals surface area contributed by atoms with Crippen LogP contribution in [0.2, 0.25) is 0 Å². The number of ether oxygens (including phenoxy) is 2. The second-order valence-corrected chi connectivity index (χ2v) is 7.61. The summed E-state index contributed by atoms with van der Waals surface area (Å²) in [6, 6.07) is 9.24. The van der Waals surface area contributed by atoms with E-state index in [2.05, 4.69) is 37.5 Å². The van der Waals surface area contributed by atoms with Gasteiger partial charge in [-0.2, -0.15) is 0 Å². The van der Waals surface area contributed by atoms with Crippen molar-refractivity contribution in [2.45, 2.75) is 65.2 Å². The van der Waals surface area contributed by atoms with Crippen LogP contribution in [-0.2, 0) is 0 Å². The Kier molecular flexibility index (Phi) is 11.8. The lowest BCUT2D eigenvalue weighted by atomic mass is 10.2. The number of hydrogen-bond donors (Lipinski definition) is 0. The van der Waals surface area contributed by atoms with Crippen molar-refractivity contribution in [2.75, 3.05) is 13.2 Å². The van der Waals surface area contributed by atoms with Crippen molar-refractivity contribution >= 4 is 0 Å². The molecule has 0 aliphatic carbocycles. The fraction of sp³-hybridized carbons (Fsp3) is 0.429. The Labute approximate surface area is 191 Å². The summed E-state index contributed by atoms with van der Waals surface area (Å²) in [6.45, 7) is 5.30. The monoisotopic (exact) mass is 438 g/mol. The smallest absolute Gasteiger partial charge is 0.166 e. The van der Waals surface area contributed by atoms with Crippen molar-refractivity contribution in [1.82, 2.24) is 0 Å². The summed E-state index contributed by atoms with van der Waals surface area (Å²) in [5.74, 6) is 10.6. The van der Waals surface area contributed by atoms with E-state index in [9.17, 15) is 8.78 Å². The summed E-state index contributed by atoms with van der Waals surface area (Å²) < 4.78 is 39.3. The van der Waals surface area contributed by atoms with Gasteiger partial charge in [-0.05, 0) is 61.1 Å². The van der Waals surface area contributed by atoms with Gasteiger partial charge in [-0.15, -0.1) is 0 Å². The first kappa shape index (κ1) is 25.3. The molecule has 2 rings (SSSR count). The molecule has 0 heterocycles. The summed E-state index contributed by atoms with van der Waals surface area (Å²) in [5, 5.41) is 0. The van der Waals surface area contributed by atoms with E-state index in [1.165, 1.54) is 12.1 Å². The van der Waals surface area contributed by atoms with Gasteiger partial charge in [0.1, 0.15) is 0 Å². The number of benzene rings is 2. The van der Waals surface area contributed by atoms with Crippen LogP contribution in [0.5, 0.6) is 11.5 Å². The zero-order chi connectivity index (χ0) is 23.0. The van der Waals surface area contributed by atoms with Gasteiger partial charge in [-0.25, -0.2) is 8.78 Å². The molecule has 2 aromatic rings. The van der Waals surface area contributed by atoms with Crippen LogP contribution in [0.15, 0.2) is 36.4 Å². The standard InChI is InChI=1S/C28H32F2O2/c1-3-5-7-11-19-31-27-17-15-23(21-25(27)29)13-9-10-14-24-16-18-28(26(30)22-24)32-20-12-8-6-4-2/h15-18,21-22H,3-8,11-12,19-20H2,1-2H3. The second-order valence-electron chi connectivity index (χ2n) is 7.61. The Morgan fingerprint density at radius 2 is 1.06 bits per heavy atom. The van der Waals surface area contributed by atoms with Crippen molar-refractivity contribution in [3.8, 4) is 35.2 Å². The average Bonchev–Trinajstić information content (AvgIpc) is 2.79. The average molecular weight is 439 g/mol. The number of hydrogen-bond acceptors (Lipinski definition) is 2. The van der Waals surface area contributed by atoms with Crippen LogP contribution in [0.25, 0.3) is 0 Å². The maximum Gasteiger partial charge on any atom is 0.166 e. The molecule has 0 saturated heterocycles. The summed E-state index contributed by atoms with van der Waals surface area (Å²) in [6.07, 6.45) is 8.61. The highest BCUT2D eigenvalue weighted by Gasteiger charge is 2.05. The molecule has 2 aromatic carbocycles. The minimum absolute atomic E-state index is 0.237. The highest BCUT2D eigenvalue weighted by Crippen LogP contribution is 2.19. The zero-order valence-corrected chi connectivity index (χ0v) is 19.1. The van der Waals surface area contributed by atoms with Crippen LogP contribution in [-0.4, -0.2) is 13.2 Å². The number of halogens is 2.